The lowest BCUT2D eigenvalue weighted by atomic mass is 9.79. The second-order valence-electron chi connectivity index (χ2n) is 6.11. The molecule has 24 heavy (non-hydrogen) atoms. The molecule has 2 aromatic carbocycles. The molecule has 0 heterocycles. The van der Waals surface area contributed by atoms with Gasteiger partial charge in [0.25, 0.3) is 0 Å². The Balaban J connectivity index is 1.81. The van der Waals surface area contributed by atoms with E-state index in [4.69, 9.17) is 0 Å². The Morgan fingerprint density at radius 3 is 2.71 bits per heavy atom. The number of carboxylic acid groups (broad SMARTS) is 1. The first-order chi connectivity index (χ1) is 11.5. The number of benzene rings is 2. The molecule has 1 fully saturated rings. The summed E-state index contributed by atoms with van der Waals surface area (Å²) in [5.41, 5.74) is 0.406. The van der Waals surface area contributed by atoms with E-state index in [0.29, 0.717) is 24.8 Å². The van der Waals surface area contributed by atoms with Gasteiger partial charge in [0.05, 0.1) is 12.0 Å². The molecular formula is C19H17BrNO3-. The van der Waals surface area contributed by atoms with Gasteiger partial charge in [0.2, 0.25) is 0 Å². The number of aliphatic imine (C=N–C) groups is 1. The number of hydrogen-bond donors (Lipinski definition) is 1. The predicted molar refractivity (Wildman–Crippen MR) is 94.2 cm³/mol. The molecule has 4 nitrogen and oxygen atoms in total. The first kappa shape index (κ1) is 16.7. The summed E-state index contributed by atoms with van der Waals surface area (Å²) in [4.78, 5) is 16.3. The lowest BCUT2D eigenvalue weighted by molar-refractivity contribution is -0.313. The maximum absolute atomic E-state index is 11.8. The van der Waals surface area contributed by atoms with Gasteiger partial charge >= 0.3 is 0 Å². The molecule has 1 aliphatic carbocycles. The topological polar surface area (TPSA) is 72.7 Å². The number of aliphatic carboxylic acids is 1. The highest BCUT2D eigenvalue weighted by Crippen LogP contribution is 2.42. The summed E-state index contributed by atoms with van der Waals surface area (Å²) >= 11 is 3.29. The highest BCUT2D eigenvalue weighted by atomic mass is 79.9. The van der Waals surface area contributed by atoms with Gasteiger partial charge in [-0.3, -0.25) is 4.99 Å². The van der Waals surface area contributed by atoms with Crippen molar-refractivity contribution in [1.82, 2.24) is 0 Å². The molecule has 0 amide bonds. The van der Waals surface area contributed by atoms with Gasteiger partial charge < -0.3 is 15.0 Å². The largest absolute Gasteiger partial charge is 0.549 e. The van der Waals surface area contributed by atoms with Gasteiger partial charge in [0.1, 0.15) is 5.75 Å². The number of halogens is 1. The van der Waals surface area contributed by atoms with Crippen LogP contribution in [0.5, 0.6) is 5.75 Å². The van der Waals surface area contributed by atoms with Gasteiger partial charge in [-0.05, 0) is 43.0 Å². The van der Waals surface area contributed by atoms with Crippen LogP contribution in [0.3, 0.4) is 0 Å². The van der Waals surface area contributed by atoms with E-state index >= 15 is 0 Å². The van der Waals surface area contributed by atoms with Gasteiger partial charge in [0, 0.05) is 21.7 Å². The molecule has 1 N–H and O–H groups in total. The maximum atomic E-state index is 11.8. The molecule has 0 saturated heterocycles. The monoisotopic (exact) mass is 386 g/mol. The van der Waals surface area contributed by atoms with Crippen molar-refractivity contribution >= 4 is 28.1 Å². The van der Waals surface area contributed by atoms with E-state index in [1.807, 2.05) is 36.4 Å². The van der Waals surface area contributed by atoms with Crippen molar-refractivity contribution in [3.05, 3.63) is 64.1 Å². The number of carbonyl (C=O) groups excluding carboxylic acids is 1. The van der Waals surface area contributed by atoms with Crippen molar-refractivity contribution in [2.24, 2.45) is 4.99 Å². The van der Waals surface area contributed by atoms with E-state index in [1.165, 1.54) is 0 Å². The SMILES string of the molecule is O=C([O-])[C@]1(c2ccccc2)CC[C@@H](N=Cc2ccc(Br)cc2O)C1. The molecule has 5 heteroatoms. The Labute approximate surface area is 149 Å². The minimum absolute atomic E-state index is 0.105. The highest BCUT2D eigenvalue weighted by molar-refractivity contribution is 9.10. The summed E-state index contributed by atoms with van der Waals surface area (Å²) in [6.45, 7) is 0. The van der Waals surface area contributed by atoms with Crippen molar-refractivity contribution in [3.63, 3.8) is 0 Å². The quantitative estimate of drug-likeness (QED) is 0.821. The van der Waals surface area contributed by atoms with Crippen LogP contribution >= 0.6 is 15.9 Å². The first-order valence-corrected chi connectivity index (χ1v) is 8.59. The van der Waals surface area contributed by atoms with Gasteiger partial charge in [-0.1, -0.05) is 46.3 Å². The molecular weight excluding hydrogens is 370 g/mol. The third-order valence-corrected chi connectivity index (χ3v) is 5.12. The lowest BCUT2D eigenvalue weighted by Gasteiger charge is -2.30. The number of aromatic hydroxyl groups is 1. The third kappa shape index (κ3) is 3.22. The standard InChI is InChI=1S/C19H18BrNO3/c20-15-7-6-13(17(22)10-15)12-21-16-8-9-19(11-16,18(23)24)14-4-2-1-3-5-14/h1-7,10,12,16,22H,8-9,11H2,(H,23,24)/p-1/t16-,19-/m1/s1. The van der Waals surface area contributed by atoms with Crippen LogP contribution in [0, 0.1) is 0 Å². The number of carbonyl (C=O) groups is 1. The number of carboxylic acids is 1. The molecule has 3 rings (SSSR count). The van der Waals surface area contributed by atoms with Gasteiger partial charge in [-0.2, -0.15) is 0 Å². The van der Waals surface area contributed by atoms with Gasteiger partial charge in [0.15, 0.2) is 0 Å². The normalized spacial score (nSPS) is 23.6. The van der Waals surface area contributed by atoms with Gasteiger partial charge in [-0.25, -0.2) is 0 Å². The van der Waals surface area contributed by atoms with Crippen LogP contribution in [0.4, 0.5) is 0 Å². The molecule has 1 saturated carbocycles. The summed E-state index contributed by atoms with van der Waals surface area (Å²) in [6, 6.07) is 14.3. The lowest BCUT2D eigenvalue weighted by Crippen LogP contribution is -2.44. The molecule has 1 aliphatic rings. The summed E-state index contributed by atoms with van der Waals surface area (Å²) in [7, 11) is 0. The summed E-state index contributed by atoms with van der Waals surface area (Å²) in [5.74, 6) is -0.904. The Kier molecular flexibility index (Phi) is 4.71. The van der Waals surface area contributed by atoms with Crippen LogP contribution in [-0.4, -0.2) is 23.3 Å². The molecule has 0 bridgehead atoms. The minimum Gasteiger partial charge on any atom is -0.549 e. The molecule has 0 radical (unpaired) electrons. The smallest absolute Gasteiger partial charge is 0.125 e. The summed E-state index contributed by atoms with van der Waals surface area (Å²) in [5, 5.41) is 21.7. The van der Waals surface area contributed by atoms with Crippen LogP contribution in [0.1, 0.15) is 30.4 Å². The Bertz CT molecular complexity index is 775. The Morgan fingerprint density at radius 1 is 1.29 bits per heavy atom. The third-order valence-electron chi connectivity index (χ3n) is 4.62. The Morgan fingerprint density at radius 2 is 2.04 bits per heavy atom. The molecule has 2 aromatic rings. The van der Waals surface area contributed by atoms with Crippen molar-refractivity contribution in [1.29, 1.82) is 0 Å². The first-order valence-electron chi connectivity index (χ1n) is 7.80. The van der Waals surface area contributed by atoms with Crippen LogP contribution in [0.25, 0.3) is 0 Å². The fraction of sp³-hybridized carbons (Fsp3) is 0.263. The van der Waals surface area contributed by atoms with Crippen molar-refractivity contribution in [2.45, 2.75) is 30.7 Å². The summed E-state index contributed by atoms with van der Waals surface area (Å²) in [6.07, 6.45) is 3.21. The average molecular weight is 387 g/mol. The number of nitrogens with zero attached hydrogens (tertiary/aromatic N) is 1. The van der Waals surface area contributed by atoms with Crippen molar-refractivity contribution in [2.75, 3.05) is 0 Å². The Hall–Kier alpha value is -2.14. The zero-order chi connectivity index (χ0) is 17.2. The summed E-state index contributed by atoms with van der Waals surface area (Å²) < 4.78 is 0.790. The zero-order valence-electron chi connectivity index (χ0n) is 13.0. The van der Waals surface area contributed by atoms with E-state index in [-0.39, 0.29) is 11.8 Å². The number of phenolic OH excluding ortho intramolecular Hbond substituents is 1. The number of hydrogen-bond acceptors (Lipinski definition) is 4. The van der Waals surface area contributed by atoms with E-state index < -0.39 is 11.4 Å². The maximum Gasteiger partial charge on any atom is 0.125 e. The number of rotatable bonds is 4. The van der Waals surface area contributed by atoms with Crippen LogP contribution in [-0.2, 0) is 10.2 Å². The predicted octanol–water partition coefficient (Wildman–Crippen LogP) is 2.81. The second-order valence-corrected chi connectivity index (χ2v) is 7.03. The van der Waals surface area contributed by atoms with E-state index in [0.717, 1.165) is 10.0 Å². The van der Waals surface area contributed by atoms with Gasteiger partial charge in [-0.15, -0.1) is 0 Å². The minimum atomic E-state index is -1.04. The van der Waals surface area contributed by atoms with Crippen LogP contribution in [0.15, 0.2) is 58.0 Å². The fourth-order valence-electron chi connectivity index (χ4n) is 3.28. The van der Waals surface area contributed by atoms with Crippen LogP contribution in [0.2, 0.25) is 0 Å². The fourth-order valence-corrected chi connectivity index (χ4v) is 3.63. The van der Waals surface area contributed by atoms with Crippen LogP contribution < -0.4 is 5.11 Å². The highest BCUT2D eigenvalue weighted by Gasteiger charge is 2.41. The molecule has 124 valence electrons. The molecule has 2 atom stereocenters. The van der Waals surface area contributed by atoms with E-state index in [1.54, 1.807) is 18.3 Å². The molecule has 0 spiro atoms. The molecule has 0 unspecified atom stereocenters. The van der Waals surface area contributed by atoms with Crippen molar-refractivity contribution in [3.8, 4) is 5.75 Å². The van der Waals surface area contributed by atoms with E-state index in [9.17, 15) is 15.0 Å². The number of phenols is 1. The van der Waals surface area contributed by atoms with E-state index in [2.05, 4.69) is 20.9 Å². The average Bonchev–Trinajstić information content (AvgIpc) is 3.01. The zero-order valence-corrected chi connectivity index (χ0v) is 14.6. The van der Waals surface area contributed by atoms with Crippen molar-refractivity contribution < 1.29 is 15.0 Å². The molecule has 0 aliphatic heterocycles. The second kappa shape index (κ2) is 6.77. The molecule has 0 aromatic heterocycles.